The molecule has 4 rings (SSSR count). The number of carbonyl (C=O) groups is 1. The van der Waals surface area contributed by atoms with Crippen molar-refractivity contribution in [1.82, 2.24) is 5.32 Å². The molecule has 2 aliphatic carbocycles. The molecular formula is C18H23NO2. The first-order valence-corrected chi connectivity index (χ1v) is 8.35. The highest BCUT2D eigenvalue weighted by Gasteiger charge is 2.54. The lowest BCUT2D eigenvalue weighted by Crippen LogP contribution is -2.22. The van der Waals surface area contributed by atoms with Crippen LogP contribution in [-0.2, 0) is 6.42 Å². The van der Waals surface area contributed by atoms with Gasteiger partial charge in [-0.05, 0) is 60.6 Å². The molecule has 0 aromatic heterocycles. The fraction of sp³-hybridized carbons (Fsp3) is 0.611. The molecule has 2 fully saturated rings. The summed E-state index contributed by atoms with van der Waals surface area (Å²) >= 11 is 0. The second kappa shape index (κ2) is 5.13. The average Bonchev–Trinajstić information content (AvgIpc) is 3.27. The molecule has 0 spiro atoms. The normalized spacial score (nSPS) is 32.4. The number of aliphatic hydroxyl groups excluding tert-OH is 1. The van der Waals surface area contributed by atoms with E-state index in [1.165, 1.54) is 25.7 Å². The molecule has 0 bridgehead atoms. The van der Waals surface area contributed by atoms with Gasteiger partial charge in [0.05, 0.1) is 6.10 Å². The molecule has 3 unspecified atom stereocenters. The van der Waals surface area contributed by atoms with Crippen molar-refractivity contribution in [3.05, 3.63) is 34.9 Å². The van der Waals surface area contributed by atoms with Gasteiger partial charge in [-0.2, -0.15) is 0 Å². The van der Waals surface area contributed by atoms with E-state index < -0.39 is 0 Å². The summed E-state index contributed by atoms with van der Waals surface area (Å²) in [6.45, 7) is 0.748. The van der Waals surface area contributed by atoms with Crippen LogP contribution in [0.1, 0.15) is 59.7 Å². The van der Waals surface area contributed by atoms with Crippen LogP contribution in [0.4, 0.5) is 0 Å². The van der Waals surface area contributed by atoms with Gasteiger partial charge < -0.3 is 10.4 Å². The third kappa shape index (κ3) is 2.28. The monoisotopic (exact) mass is 285 g/mol. The topological polar surface area (TPSA) is 49.3 Å². The van der Waals surface area contributed by atoms with Crippen LogP contribution in [0.3, 0.4) is 0 Å². The molecule has 1 aromatic carbocycles. The van der Waals surface area contributed by atoms with Gasteiger partial charge in [0.25, 0.3) is 5.91 Å². The number of amides is 1. The van der Waals surface area contributed by atoms with Crippen LogP contribution in [-0.4, -0.2) is 17.6 Å². The predicted octanol–water partition coefficient (Wildman–Crippen LogP) is 2.83. The van der Waals surface area contributed by atoms with Gasteiger partial charge in [0.15, 0.2) is 0 Å². The lowest BCUT2D eigenvalue weighted by molar-refractivity contribution is 0.0955. The predicted molar refractivity (Wildman–Crippen MR) is 81.0 cm³/mol. The zero-order valence-electron chi connectivity index (χ0n) is 12.3. The number of aryl methyl sites for hydroxylation is 1. The summed E-state index contributed by atoms with van der Waals surface area (Å²) in [6, 6.07) is 6.02. The molecule has 1 amide bonds. The standard InChI is InChI=1S/C18H23NO2/c20-17(16-13-5-1-2-6-14(13)16)12-8-7-11-4-3-9-19-18(21)15(11)10-12/h7-8,10,13-14,16-17,20H,1-6,9H2,(H,19,21). The minimum Gasteiger partial charge on any atom is -0.388 e. The Bertz CT molecular complexity index is 556. The molecular weight excluding hydrogens is 262 g/mol. The summed E-state index contributed by atoms with van der Waals surface area (Å²) in [7, 11) is 0. The molecule has 3 heteroatoms. The number of hydrogen-bond acceptors (Lipinski definition) is 2. The number of hydrogen-bond donors (Lipinski definition) is 2. The molecule has 0 saturated heterocycles. The second-order valence-corrected chi connectivity index (χ2v) is 6.91. The van der Waals surface area contributed by atoms with Crippen LogP contribution in [0.5, 0.6) is 0 Å². The second-order valence-electron chi connectivity index (χ2n) is 6.91. The van der Waals surface area contributed by atoms with E-state index >= 15 is 0 Å². The Balaban J connectivity index is 1.59. The minimum absolute atomic E-state index is 0.0183. The largest absolute Gasteiger partial charge is 0.388 e. The SMILES string of the molecule is O=C1NCCCc2ccc(C(O)C3C4CCCCC43)cc21. The number of aliphatic hydroxyl groups is 1. The van der Waals surface area contributed by atoms with Crippen LogP contribution in [0.15, 0.2) is 18.2 Å². The number of rotatable bonds is 2. The van der Waals surface area contributed by atoms with E-state index in [4.69, 9.17) is 0 Å². The van der Waals surface area contributed by atoms with Crippen molar-refractivity contribution < 1.29 is 9.90 Å². The molecule has 0 radical (unpaired) electrons. The summed E-state index contributed by atoms with van der Waals surface area (Å²) < 4.78 is 0. The van der Waals surface area contributed by atoms with Gasteiger partial charge in [0.1, 0.15) is 0 Å². The third-order valence-corrected chi connectivity index (χ3v) is 5.72. The molecule has 21 heavy (non-hydrogen) atoms. The van der Waals surface area contributed by atoms with Gasteiger partial charge in [0.2, 0.25) is 0 Å². The van der Waals surface area contributed by atoms with Crippen LogP contribution >= 0.6 is 0 Å². The highest BCUT2D eigenvalue weighted by atomic mass is 16.3. The van der Waals surface area contributed by atoms with Crippen molar-refractivity contribution in [1.29, 1.82) is 0 Å². The first-order valence-electron chi connectivity index (χ1n) is 8.35. The van der Waals surface area contributed by atoms with Crippen LogP contribution in [0.25, 0.3) is 0 Å². The molecule has 112 valence electrons. The summed E-state index contributed by atoms with van der Waals surface area (Å²) in [5, 5.41) is 13.7. The lowest BCUT2D eigenvalue weighted by atomic mass is 9.96. The number of benzene rings is 1. The Labute approximate surface area is 125 Å². The van der Waals surface area contributed by atoms with Crippen molar-refractivity contribution in [2.75, 3.05) is 6.54 Å². The van der Waals surface area contributed by atoms with Crippen LogP contribution in [0.2, 0.25) is 0 Å². The lowest BCUT2D eigenvalue weighted by Gasteiger charge is -2.14. The Morgan fingerprint density at radius 2 is 1.90 bits per heavy atom. The van der Waals surface area contributed by atoms with E-state index in [9.17, 15) is 9.90 Å². The quantitative estimate of drug-likeness (QED) is 0.878. The number of fused-ring (bicyclic) bond motifs is 2. The van der Waals surface area contributed by atoms with E-state index in [1.807, 2.05) is 18.2 Å². The van der Waals surface area contributed by atoms with Crippen molar-refractivity contribution in [3.8, 4) is 0 Å². The Morgan fingerprint density at radius 1 is 1.14 bits per heavy atom. The van der Waals surface area contributed by atoms with Crippen molar-refractivity contribution in [3.63, 3.8) is 0 Å². The van der Waals surface area contributed by atoms with E-state index in [0.29, 0.717) is 5.92 Å². The summed E-state index contributed by atoms with van der Waals surface area (Å²) in [4.78, 5) is 12.1. The fourth-order valence-corrected chi connectivity index (χ4v) is 4.52. The molecule has 3 atom stereocenters. The Morgan fingerprint density at radius 3 is 2.67 bits per heavy atom. The molecule has 2 saturated carbocycles. The maximum Gasteiger partial charge on any atom is 0.251 e. The fourth-order valence-electron chi connectivity index (χ4n) is 4.52. The maximum atomic E-state index is 12.1. The highest BCUT2D eigenvalue weighted by Crippen LogP contribution is 2.60. The van der Waals surface area contributed by atoms with Crippen molar-refractivity contribution in [2.24, 2.45) is 17.8 Å². The highest BCUT2D eigenvalue weighted by molar-refractivity contribution is 5.96. The first-order chi connectivity index (χ1) is 10.3. The summed E-state index contributed by atoms with van der Waals surface area (Å²) in [5.41, 5.74) is 2.83. The summed E-state index contributed by atoms with van der Waals surface area (Å²) in [5.74, 6) is 1.90. The van der Waals surface area contributed by atoms with E-state index in [-0.39, 0.29) is 12.0 Å². The minimum atomic E-state index is -0.389. The Hall–Kier alpha value is -1.35. The van der Waals surface area contributed by atoms with Crippen LogP contribution < -0.4 is 5.32 Å². The van der Waals surface area contributed by atoms with Gasteiger partial charge in [0, 0.05) is 12.1 Å². The molecule has 2 N–H and O–H groups in total. The molecule has 1 aliphatic heterocycles. The summed E-state index contributed by atoms with van der Waals surface area (Å²) in [6.07, 6.45) is 6.73. The Kier molecular flexibility index (Phi) is 3.26. The zero-order chi connectivity index (χ0) is 14.4. The third-order valence-electron chi connectivity index (χ3n) is 5.72. The molecule has 3 aliphatic rings. The average molecular weight is 285 g/mol. The van der Waals surface area contributed by atoms with E-state index in [1.54, 1.807) is 0 Å². The van der Waals surface area contributed by atoms with Gasteiger partial charge in [-0.15, -0.1) is 0 Å². The first kappa shape index (κ1) is 13.3. The van der Waals surface area contributed by atoms with Gasteiger partial charge >= 0.3 is 0 Å². The zero-order valence-corrected chi connectivity index (χ0v) is 12.3. The van der Waals surface area contributed by atoms with Crippen molar-refractivity contribution >= 4 is 5.91 Å². The molecule has 1 aromatic rings. The number of carbonyl (C=O) groups excluding carboxylic acids is 1. The van der Waals surface area contributed by atoms with Gasteiger partial charge in [-0.1, -0.05) is 25.0 Å². The van der Waals surface area contributed by atoms with Gasteiger partial charge in [-0.25, -0.2) is 0 Å². The van der Waals surface area contributed by atoms with Crippen molar-refractivity contribution in [2.45, 2.75) is 44.6 Å². The molecule has 3 nitrogen and oxygen atoms in total. The number of nitrogens with one attached hydrogen (secondary N) is 1. The maximum absolute atomic E-state index is 12.1. The van der Waals surface area contributed by atoms with Gasteiger partial charge in [-0.3, -0.25) is 4.79 Å². The smallest absolute Gasteiger partial charge is 0.251 e. The van der Waals surface area contributed by atoms with E-state index in [2.05, 4.69) is 5.32 Å². The molecule has 1 heterocycles. The van der Waals surface area contributed by atoms with Crippen LogP contribution in [0, 0.1) is 17.8 Å². The van der Waals surface area contributed by atoms with E-state index in [0.717, 1.165) is 47.9 Å².